The normalized spacial score (nSPS) is 29.9. The van der Waals surface area contributed by atoms with Crippen LogP contribution in [0, 0.1) is 5.92 Å². The van der Waals surface area contributed by atoms with Crippen LogP contribution in [0.25, 0.3) is 0 Å². The van der Waals surface area contributed by atoms with Crippen molar-refractivity contribution in [3.8, 4) is 0 Å². The third-order valence-corrected chi connectivity index (χ3v) is 4.29. The molecule has 2 aliphatic rings. The fourth-order valence-electron chi connectivity index (χ4n) is 2.96. The number of hydrogen-bond acceptors (Lipinski definition) is 3. The first-order valence-electron chi connectivity index (χ1n) is 7.23. The summed E-state index contributed by atoms with van der Waals surface area (Å²) in [5.74, 6) is 1.13. The Hall–Kier alpha value is -0.610. The molecule has 4 heteroatoms. The third kappa shape index (κ3) is 3.69. The van der Waals surface area contributed by atoms with Crippen molar-refractivity contribution in [2.45, 2.75) is 44.7 Å². The third-order valence-electron chi connectivity index (χ3n) is 4.29. The molecule has 1 aliphatic carbocycles. The average molecular weight is 253 g/mol. The molecule has 0 aromatic heterocycles. The fraction of sp³-hybridized carbons (Fsp3) is 0.929. The number of carbonyl (C=O) groups is 1. The van der Waals surface area contributed by atoms with E-state index in [4.69, 9.17) is 0 Å². The van der Waals surface area contributed by atoms with Gasteiger partial charge in [-0.2, -0.15) is 0 Å². The first-order chi connectivity index (χ1) is 8.54. The Morgan fingerprint density at radius 3 is 2.33 bits per heavy atom. The second kappa shape index (κ2) is 6.02. The van der Waals surface area contributed by atoms with E-state index in [1.807, 2.05) is 14.1 Å². The Labute approximate surface area is 111 Å². The molecule has 0 bridgehead atoms. The van der Waals surface area contributed by atoms with Gasteiger partial charge < -0.3 is 10.2 Å². The van der Waals surface area contributed by atoms with Crippen LogP contribution >= 0.6 is 0 Å². The molecule has 0 spiro atoms. The maximum atomic E-state index is 11.6. The SMILES string of the molecule is CC1CC(NC2CCN(CC(=O)N(C)C)CC2)C1. The lowest BCUT2D eigenvalue weighted by atomic mass is 9.81. The second-order valence-electron chi connectivity index (χ2n) is 6.28. The van der Waals surface area contributed by atoms with Crippen LogP contribution in [0.15, 0.2) is 0 Å². The monoisotopic (exact) mass is 253 g/mol. The Kier molecular flexibility index (Phi) is 4.62. The lowest BCUT2D eigenvalue weighted by Gasteiger charge is -2.39. The molecular formula is C14H27N3O. The Balaban J connectivity index is 1.63. The van der Waals surface area contributed by atoms with E-state index < -0.39 is 0 Å². The van der Waals surface area contributed by atoms with Crippen LogP contribution in [-0.4, -0.2) is 61.5 Å². The summed E-state index contributed by atoms with van der Waals surface area (Å²) in [6.45, 7) is 5.02. The molecule has 4 nitrogen and oxygen atoms in total. The van der Waals surface area contributed by atoms with Crippen molar-refractivity contribution in [2.24, 2.45) is 5.92 Å². The number of amides is 1. The highest BCUT2D eigenvalue weighted by Gasteiger charge is 2.29. The summed E-state index contributed by atoms with van der Waals surface area (Å²) < 4.78 is 0. The van der Waals surface area contributed by atoms with Crippen LogP contribution in [-0.2, 0) is 4.79 Å². The van der Waals surface area contributed by atoms with Gasteiger partial charge in [-0.25, -0.2) is 0 Å². The fourth-order valence-corrected chi connectivity index (χ4v) is 2.96. The molecule has 1 aliphatic heterocycles. The van der Waals surface area contributed by atoms with E-state index in [2.05, 4.69) is 17.1 Å². The van der Waals surface area contributed by atoms with Gasteiger partial charge in [0.25, 0.3) is 0 Å². The molecule has 0 unspecified atom stereocenters. The number of rotatable bonds is 4. The molecule has 1 saturated carbocycles. The van der Waals surface area contributed by atoms with Crippen molar-refractivity contribution in [3.63, 3.8) is 0 Å². The van der Waals surface area contributed by atoms with Crippen molar-refractivity contribution in [3.05, 3.63) is 0 Å². The van der Waals surface area contributed by atoms with Gasteiger partial charge in [0.15, 0.2) is 0 Å². The molecule has 0 atom stereocenters. The Bertz CT molecular complexity index is 279. The van der Waals surface area contributed by atoms with Crippen LogP contribution in [0.2, 0.25) is 0 Å². The van der Waals surface area contributed by atoms with E-state index in [0.717, 1.165) is 25.0 Å². The highest BCUT2D eigenvalue weighted by atomic mass is 16.2. The van der Waals surface area contributed by atoms with Crippen LogP contribution in [0.4, 0.5) is 0 Å². The van der Waals surface area contributed by atoms with E-state index in [-0.39, 0.29) is 5.91 Å². The highest BCUT2D eigenvalue weighted by molar-refractivity contribution is 5.77. The maximum absolute atomic E-state index is 11.6. The minimum atomic E-state index is 0.217. The molecule has 0 aromatic carbocycles. The predicted octanol–water partition coefficient (Wildman–Crippen LogP) is 0.927. The summed E-state index contributed by atoms with van der Waals surface area (Å²) in [6.07, 6.45) is 5.07. The molecule has 1 amide bonds. The van der Waals surface area contributed by atoms with E-state index >= 15 is 0 Å². The molecule has 2 rings (SSSR count). The Morgan fingerprint density at radius 1 is 1.22 bits per heavy atom. The van der Waals surface area contributed by atoms with Crippen LogP contribution in [0.5, 0.6) is 0 Å². The summed E-state index contributed by atoms with van der Waals surface area (Å²) in [6, 6.07) is 1.44. The molecule has 0 aromatic rings. The maximum Gasteiger partial charge on any atom is 0.236 e. The van der Waals surface area contributed by atoms with E-state index in [9.17, 15) is 4.79 Å². The topological polar surface area (TPSA) is 35.6 Å². The van der Waals surface area contributed by atoms with Gasteiger partial charge in [-0.05, 0) is 31.6 Å². The van der Waals surface area contributed by atoms with Crippen LogP contribution < -0.4 is 5.32 Å². The average Bonchev–Trinajstić information content (AvgIpc) is 2.29. The summed E-state index contributed by atoms with van der Waals surface area (Å²) in [5, 5.41) is 3.76. The molecule has 2 fully saturated rings. The molecule has 0 radical (unpaired) electrons. The van der Waals surface area contributed by atoms with Gasteiger partial charge in [-0.1, -0.05) is 6.92 Å². The number of piperidine rings is 1. The quantitative estimate of drug-likeness (QED) is 0.809. The molecule has 104 valence electrons. The van der Waals surface area contributed by atoms with Crippen LogP contribution in [0.3, 0.4) is 0 Å². The van der Waals surface area contributed by atoms with E-state index in [1.54, 1.807) is 4.90 Å². The van der Waals surface area contributed by atoms with E-state index in [1.165, 1.54) is 25.7 Å². The van der Waals surface area contributed by atoms with Gasteiger partial charge in [0, 0.05) is 39.3 Å². The van der Waals surface area contributed by atoms with Crippen molar-refractivity contribution < 1.29 is 4.79 Å². The zero-order chi connectivity index (χ0) is 13.1. The van der Waals surface area contributed by atoms with Crippen molar-refractivity contribution in [2.75, 3.05) is 33.7 Å². The van der Waals surface area contributed by atoms with Gasteiger partial charge in [-0.15, -0.1) is 0 Å². The van der Waals surface area contributed by atoms with Gasteiger partial charge >= 0.3 is 0 Å². The summed E-state index contributed by atoms with van der Waals surface area (Å²) in [4.78, 5) is 15.6. The predicted molar refractivity (Wildman–Crippen MR) is 73.5 cm³/mol. The lowest BCUT2D eigenvalue weighted by molar-refractivity contribution is -0.130. The number of carbonyl (C=O) groups excluding carboxylic acids is 1. The van der Waals surface area contributed by atoms with Gasteiger partial charge in [0.1, 0.15) is 0 Å². The lowest BCUT2D eigenvalue weighted by Crippen LogP contribution is -2.51. The number of nitrogens with zero attached hydrogens (tertiary/aromatic N) is 2. The molecule has 1 N–H and O–H groups in total. The minimum Gasteiger partial charge on any atom is -0.348 e. The van der Waals surface area contributed by atoms with Gasteiger partial charge in [0.2, 0.25) is 5.91 Å². The van der Waals surface area contributed by atoms with E-state index in [0.29, 0.717) is 12.6 Å². The van der Waals surface area contributed by atoms with Crippen molar-refractivity contribution in [1.29, 1.82) is 0 Å². The molecule has 18 heavy (non-hydrogen) atoms. The van der Waals surface area contributed by atoms with Crippen molar-refractivity contribution in [1.82, 2.24) is 15.1 Å². The van der Waals surface area contributed by atoms with Crippen molar-refractivity contribution >= 4 is 5.91 Å². The first-order valence-corrected chi connectivity index (χ1v) is 7.23. The second-order valence-corrected chi connectivity index (χ2v) is 6.28. The standard InChI is InChI=1S/C14H27N3O/c1-11-8-13(9-11)15-12-4-6-17(7-5-12)10-14(18)16(2)3/h11-13,15H,4-10H2,1-3H3. The van der Waals surface area contributed by atoms with Gasteiger partial charge in [-0.3, -0.25) is 9.69 Å². The number of hydrogen-bond donors (Lipinski definition) is 1. The Morgan fingerprint density at radius 2 is 1.83 bits per heavy atom. The molecular weight excluding hydrogens is 226 g/mol. The summed E-state index contributed by atoms with van der Waals surface area (Å²) >= 11 is 0. The largest absolute Gasteiger partial charge is 0.348 e. The highest BCUT2D eigenvalue weighted by Crippen LogP contribution is 2.27. The minimum absolute atomic E-state index is 0.217. The summed E-state index contributed by atoms with van der Waals surface area (Å²) in [7, 11) is 3.66. The van der Waals surface area contributed by atoms with Crippen LogP contribution in [0.1, 0.15) is 32.6 Å². The molecule has 1 saturated heterocycles. The smallest absolute Gasteiger partial charge is 0.236 e. The number of likely N-dealkylation sites (tertiary alicyclic amines) is 1. The zero-order valence-electron chi connectivity index (χ0n) is 12.0. The van der Waals surface area contributed by atoms with Gasteiger partial charge in [0.05, 0.1) is 6.54 Å². The molecule has 1 heterocycles. The number of nitrogens with one attached hydrogen (secondary N) is 1. The summed E-state index contributed by atoms with van der Waals surface area (Å²) in [5.41, 5.74) is 0. The zero-order valence-corrected chi connectivity index (χ0v) is 12.0. The first kappa shape index (κ1) is 13.8. The number of likely N-dealkylation sites (N-methyl/N-ethyl adjacent to an activating group) is 1.